The molecule has 0 aliphatic rings. The number of aryl methyl sites for hydroxylation is 1. The van der Waals surface area contributed by atoms with E-state index in [9.17, 15) is 0 Å². The van der Waals surface area contributed by atoms with Crippen LogP contribution in [0.5, 0.6) is 5.75 Å². The van der Waals surface area contributed by atoms with Crippen molar-refractivity contribution >= 4 is 11.6 Å². The van der Waals surface area contributed by atoms with E-state index in [2.05, 4.69) is 26.0 Å². The third-order valence-electron chi connectivity index (χ3n) is 2.86. The largest absolute Gasteiger partial charge is 0.489 e. The zero-order valence-electron chi connectivity index (χ0n) is 11.4. The van der Waals surface area contributed by atoms with Crippen molar-refractivity contribution in [2.45, 2.75) is 39.7 Å². The van der Waals surface area contributed by atoms with Crippen molar-refractivity contribution in [3.05, 3.63) is 40.4 Å². The average Bonchev–Trinajstić information content (AvgIpc) is 2.37. The molecule has 1 atom stereocenters. The molecule has 0 saturated heterocycles. The number of halogens is 1. The molecule has 0 aliphatic heterocycles. The SMILES string of the molecule is CCC(N)Cc1cc(C)ccc1OC/C(C)=C/Cl. The topological polar surface area (TPSA) is 35.2 Å². The number of ether oxygens (including phenoxy) is 1. The molecule has 0 aliphatic carbocycles. The standard InChI is InChI=1S/C15H22ClNO/c1-4-14(17)8-13-7-11(2)5-6-15(13)18-10-12(3)9-16/h5-7,9,14H,4,8,10,17H2,1-3H3/b12-9+. The quantitative estimate of drug-likeness (QED) is 0.851. The van der Waals surface area contributed by atoms with Gasteiger partial charge < -0.3 is 10.5 Å². The van der Waals surface area contributed by atoms with Gasteiger partial charge in [0.05, 0.1) is 0 Å². The molecule has 1 rings (SSSR count). The highest BCUT2D eigenvalue weighted by Crippen LogP contribution is 2.22. The van der Waals surface area contributed by atoms with Crippen LogP contribution in [0.15, 0.2) is 29.3 Å². The molecule has 0 aromatic heterocycles. The van der Waals surface area contributed by atoms with E-state index in [0.717, 1.165) is 24.2 Å². The van der Waals surface area contributed by atoms with Gasteiger partial charge in [0.2, 0.25) is 0 Å². The van der Waals surface area contributed by atoms with Crippen LogP contribution < -0.4 is 10.5 Å². The Labute approximate surface area is 115 Å². The molecular formula is C15H22ClNO. The lowest BCUT2D eigenvalue weighted by atomic mass is 10.0. The van der Waals surface area contributed by atoms with Gasteiger partial charge in [0.1, 0.15) is 12.4 Å². The summed E-state index contributed by atoms with van der Waals surface area (Å²) in [7, 11) is 0. The van der Waals surface area contributed by atoms with Crippen LogP contribution in [0, 0.1) is 6.92 Å². The molecule has 18 heavy (non-hydrogen) atoms. The molecule has 0 fully saturated rings. The van der Waals surface area contributed by atoms with E-state index in [-0.39, 0.29) is 6.04 Å². The summed E-state index contributed by atoms with van der Waals surface area (Å²) < 4.78 is 5.78. The summed E-state index contributed by atoms with van der Waals surface area (Å²) in [4.78, 5) is 0. The first-order valence-electron chi connectivity index (χ1n) is 6.30. The van der Waals surface area contributed by atoms with Gasteiger partial charge in [-0.3, -0.25) is 0 Å². The minimum absolute atomic E-state index is 0.179. The van der Waals surface area contributed by atoms with E-state index in [1.807, 2.05) is 13.0 Å². The molecule has 0 heterocycles. The molecule has 0 radical (unpaired) electrons. The fraction of sp³-hybridized carbons (Fsp3) is 0.467. The molecular weight excluding hydrogens is 246 g/mol. The minimum Gasteiger partial charge on any atom is -0.489 e. The second kappa shape index (κ2) is 7.45. The van der Waals surface area contributed by atoms with Gasteiger partial charge in [0.15, 0.2) is 0 Å². The van der Waals surface area contributed by atoms with E-state index in [1.165, 1.54) is 11.1 Å². The second-order valence-electron chi connectivity index (χ2n) is 4.73. The highest BCUT2D eigenvalue weighted by molar-refractivity contribution is 6.25. The Hall–Kier alpha value is -0.990. The first-order valence-corrected chi connectivity index (χ1v) is 6.74. The van der Waals surface area contributed by atoms with Crippen molar-refractivity contribution < 1.29 is 4.74 Å². The van der Waals surface area contributed by atoms with Crippen molar-refractivity contribution in [3.8, 4) is 5.75 Å². The summed E-state index contributed by atoms with van der Waals surface area (Å²) >= 11 is 5.63. The van der Waals surface area contributed by atoms with Gasteiger partial charge in [0, 0.05) is 11.6 Å². The van der Waals surface area contributed by atoms with E-state index in [4.69, 9.17) is 22.1 Å². The maximum atomic E-state index is 6.02. The Kier molecular flexibility index (Phi) is 6.23. The van der Waals surface area contributed by atoms with Gasteiger partial charge in [0.25, 0.3) is 0 Å². The molecule has 0 bridgehead atoms. The Balaban J connectivity index is 2.82. The van der Waals surface area contributed by atoms with Crippen LogP contribution in [0.4, 0.5) is 0 Å². The molecule has 2 N–H and O–H groups in total. The van der Waals surface area contributed by atoms with Crippen molar-refractivity contribution in [2.75, 3.05) is 6.61 Å². The van der Waals surface area contributed by atoms with Crippen LogP contribution in [-0.4, -0.2) is 12.6 Å². The Morgan fingerprint density at radius 1 is 1.50 bits per heavy atom. The normalized spacial score (nSPS) is 13.5. The van der Waals surface area contributed by atoms with Crippen LogP contribution >= 0.6 is 11.6 Å². The Morgan fingerprint density at radius 3 is 2.83 bits per heavy atom. The van der Waals surface area contributed by atoms with Crippen LogP contribution in [0.2, 0.25) is 0 Å². The van der Waals surface area contributed by atoms with E-state index >= 15 is 0 Å². The second-order valence-corrected chi connectivity index (χ2v) is 4.95. The molecule has 1 unspecified atom stereocenters. The highest BCUT2D eigenvalue weighted by atomic mass is 35.5. The van der Waals surface area contributed by atoms with Crippen LogP contribution in [0.25, 0.3) is 0 Å². The number of benzene rings is 1. The van der Waals surface area contributed by atoms with Gasteiger partial charge in [-0.2, -0.15) is 0 Å². The molecule has 1 aromatic carbocycles. The Morgan fingerprint density at radius 2 is 2.22 bits per heavy atom. The molecule has 100 valence electrons. The summed E-state index contributed by atoms with van der Waals surface area (Å²) in [5.41, 5.74) is 11.0. The Bertz CT molecular complexity index is 415. The molecule has 1 aromatic rings. The summed E-state index contributed by atoms with van der Waals surface area (Å²) in [5.74, 6) is 0.905. The van der Waals surface area contributed by atoms with Crippen molar-refractivity contribution in [1.82, 2.24) is 0 Å². The first-order chi connectivity index (χ1) is 8.56. The predicted molar refractivity (Wildman–Crippen MR) is 78.3 cm³/mol. The average molecular weight is 268 g/mol. The minimum atomic E-state index is 0.179. The van der Waals surface area contributed by atoms with Gasteiger partial charge in [-0.05, 0) is 43.9 Å². The molecule has 0 spiro atoms. The monoisotopic (exact) mass is 267 g/mol. The smallest absolute Gasteiger partial charge is 0.123 e. The van der Waals surface area contributed by atoms with Gasteiger partial charge in [-0.15, -0.1) is 0 Å². The first kappa shape index (κ1) is 15.1. The lowest BCUT2D eigenvalue weighted by Gasteiger charge is -2.15. The maximum Gasteiger partial charge on any atom is 0.123 e. The predicted octanol–water partition coefficient (Wildman–Crippen LogP) is 3.80. The van der Waals surface area contributed by atoms with Gasteiger partial charge in [-0.25, -0.2) is 0 Å². The summed E-state index contributed by atoms with van der Waals surface area (Å²) in [6.07, 6.45) is 1.81. The number of hydrogen-bond donors (Lipinski definition) is 1. The van der Waals surface area contributed by atoms with E-state index < -0.39 is 0 Å². The van der Waals surface area contributed by atoms with E-state index in [1.54, 1.807) is 5.54 Å². The van der Waals surface area contributed by atoms with Crippen LogP contribution in [-0.2, 0) is 6.42 Å². The maximum absolute atomic E-state index is 6.02. The lowest BCUT2D eigenvalue weighted by molar-refractivity contribution is 0.347. The van der Waals surface area contributed by atoms with Crippen LogP contribution in [0.3, 0.4) is 0 Å². The van der Waals surface area contributed by atoms with Crippen molar-refractivity contribution in [3.63, 3.8) is 0 Å². The zero-order chi connectivity index (χ0) is 13.5. The van der Waals surface area contributed by atoms with Gasteiger partial charge >= 0.3 is 0 Å². The molecule has 0 amide bonds. The fourth-order valence-corrected chi connectivity index (χ4v) is 1.72. The lowest BCUT2D eigenvalue weighted by Crippen LogP contribution is -2.21. The van der Waals surface area contributed by atoms with Crippen molar-refractivity contribution in [1.29, 1.82) is 0 Å². The van der Waals surface area contributed by atoms with Gasteiger partial charge in [-0.1, -0.05) is 36.2 Å². The molecule has 3 heteroatoms. The van der Waals surface area contributed by atoms with Crippen LogP contribution in [0.1, 0.15) is 31.4 Å². The summed E-state index contributed by atoms with van der Waals surface area (Å²) in [6, 6.07) is 6.38. The zero-order valence-corrected chi connectivity index (χ0v) is 12.1. The third kappa shape index (κ3) is 4.71. The summed E-state index contributed by atoms with van der Waals surface area (Å²) in [5, 5.41) is 0. The van der Waals surface area contributed by atoms with Crippen molar-refractivity contribution in [2.24, 2.45) is 5.73 Å². The number of nitrogens with two attached hydrogens (primary N) is 1. The highest BCUT2D eigenvalue weighted by Gasteiger charge is 2.08. The number of rotatable bonds is 6. The molecule has 0 saturated carbocycles. The molecule has 2 nitrogen and oxygen atoms in total. The fourth-order valence-electron chi connectivity index (χ4n) is 1.66. The number of hydrogen-bond acceptors (Lipinski definition) is 2. The third-order valence-corrected chi connectivity index (χ3v) is 3.24. The van der Waals surface area contributed by atoms with E-state index in [0.29, 0.717) is 6.61 Å². The summed E-state index contributed by atoms with van der Waals surface area (Å²) in [6.45, 7) is 6.63.